The highest BCUT2D eigenvalue weighted by molar-refractivity contribution is 5.90. The van der Waals surface area contributed by atoms with Crippen LogP contribution in [-0.4, -0.2) is 76.0 Å². The van der Waals surface area contributed by atoms with Crippen molar-refractivity contribution in [3.8, 4) is 11.1 Å². The van der Waals surface area contributed by atoms with Gasteiger partial charge < -0.3 is 10.1 Å². The number of rotatable bonds is 8. The SMILES string of the molecule is O=C(NCC1CCC(F)(F)CC1)Nc1ccc2ncc(-c3cnn(CCCN4CCOCC4)c3)cc2n1. The number of nitrogens with one attached hydrogen (secondary N) is 2. The van der Waals surface area contributed by atoms with Gasteiger partial charge in [-0.1, -0.05) is 0 Å². The Morgan fingerprint density at radius 1 is 1.08 bits per heavy atom. The fourth-order valence-corrected chi connectivity index (χ4v) is 4.85. The van der Waals surface area contributed by atoms with Gasteiger partial charge in [-0.2, -0.15) is 5.10 Å². The molecule has 0 bridgehead atoms. The zero-order valence-electron chi connectivity index (χ0n) is 20.8. The van der Waals surface area contributed by atoms with Crippen LogP contribution in [0.4, 0.5) is 19.4 Å². The maximum Gasteiger partial charge on any atom is 0.320 e. The molecule has 4 heterocycles. The number of morpholine rings is 1. The van der Waals surface area contributed by atoms with Gasteiger partial charge in [0.1, 0.15) is 5.82 Å². The molecule has 11 heteroatoms. The summed E-state index contributed by atoms with van der Waals surface area (Å²) in [7, 11) is 0. The first-order valence-electron chi connectivity index (χ1n) is 13.0. The summed E-state index contributed by atoms with van der Waals surface area (Å²) < 4.78 is 34.0. The molecule has 2 aliphatic rings. The van der Waals surface area contributed by atoms with E-state index in [4.69, 9.17) is 4.74 Å². The summed E-state index contributed by atoms with van der Waals surface area (Å²) in [5.74, 6) is -2.09. The molecule has 0 radical (unpaired) electrons. The lowest BCUT2D eigenvalue weighted by molar-refractivity contribution is -0.0451. The van der Waals surface area contributed by atoms with Crippen molar-refractivity contribution in [2.75, 3.05) is 44.7 Å². The first kappa shape index (κ1) is 25.5. The van der Waals surface area contributed by atoms with E-state index in [9.17, 15) is 13.6 Å². The Morgan fingerprint density at radius 3 is 2.70 bits per heavy atom. The second-order valence-electron chi connectivity index (χ2n) is 9.89. The molecule has 0 aromatic carbocycles. The minimum Gasteiger partial charge on any atom is -0.379 e. The van der Waals surface area contributed by atoms with Gasteiger partial charge in [0.2, 0.25) is 5.92 Å². The second-order valence-corrected chi connectivity index (χ2v) is 9.89. The molecule has 9 nitrogen and oxygen atoms in total. The van der Waals surface area contributed by atoms with E-state index in [2.05, 4.69) is 30.6 Å². The third kappa shape index (κ3) is 6.98. The largest absolute Gasteiger partial charge is 0.379 e. The van der Waals surface area contributed by atoms with E-state index in [0.29, 0.717) is 30.7 Å². The highest BCUT2D eigenvalue weighted by Crippen LogP contribution is 2.35. The zero-order chi connectivity index (χ0) is 25.7. The molecule has 198 valence electrons. The molecule has 3 aromatic heterocycles. The average Bonchev–Trinajstić information content (AvgIpc) is 3.37. The zero-order valence-corrected chi connectivity index (χ0v) is 20.8. The van der Waals surface area contributed by atoms with Crippen molar-refractivity contribution in [2.24, 2.45) is 5.92 Å². The molecule has 3 aromatic rings. The topological polar surface area (TPSA) is 97.2 Å². The summed E-state index contributed by atoms with van der Waals surface area (Å²) in [4.78, 5) is 23.8. The van der Waals surface area contributed by atoms with Crippen molar-refractivity contribution in [2.45, 2.75) is 44.6 Å². The van der Waals surface area contributed by atoms with E-state index in [-0.39, 0.29) is 18.8 Å². The summed E-state index contributed by atoms with van der Waals surface area (Å²) in [6.45, 7) is 5.82. The van der Waals surface area contributed by atoms with Crippen molar-refractivity contribution >= 4 is 22.9 Å². The van der Waals surface area contributed by atoms with Crippen molar-refractivity contribution in [3.63, 3.8) is 0 Å². The number of hydrogen-bond donors (Lipinski definition) is 2. The molecule has 1 saturated heterocycles. The van der Waals surface area contributed by atoms with E-state index in [0.717, 1.165) is 62.5 Å². The number of pyridine rings is 2. The number of carbonyl (C=O) groups excluding carboxylic acids is 1. The number of halogens is 2. The van der Waals surface area contributed by atoms with E-state index in [1.54, 1.807) is 18.3 Å². The Kier molecular flexibility index (Phi) is 7.90. The van der Waals surface area contributed by atoms with Gasteiger partial charge in [-0.25, -0.2) is 18.6 Å². The van der Waals surface area contributed by atoms with Gasteiger partial charge in [0.15, 0.2) is 0 Å². The van der Waals surface area contributed by atoms with Crippen molar-refractivity contribution in [1.82, 2.24) is 30.0 Å². The van der Waals surface area contributed by atoms with Gasteiger partial charge in [-0.3, -0.25) is 19.9 Å². The standard InChI is InChI=1S/C26H33F2N7O2/c27-26(28)6-4-19(5-7-26)15-30-25(36)33-24-3-2-22-23(32-24)14-20(16-29-22)21-17-31-35(18-21)9-1-8-34-10-12-37-13-11-34/h2-3,14,16-19H,1,4-13,15H2,(H2,30,32,33,36). The minimum atomic E-state index is -2.57. The number of ether oxygens (including phenoxy) is 1. The lowest BCUT2D eigenvalue weighted by atomic mass is 9.87. The maximum absolute atomic E-state index is 13.3. The van der Waals surface area contributed by atoms with Crippen LogP contribution < -0.4 is 10.6 Å². The van der Waals surface area contributed by atoms with E-state index < -0.39 is 12.0 Å². The quantitative estimate of drug-likeness (QED) is 0.470. The van der Waals surface area contributed by atoms with Gasteiger partial charge in [-0.15, -0.1) is 0 Å². The normalized spacial score (nSPS) is 18.6. The Morgan fingerprint density at radius 2 is 1.89 bits per heavy atom. The van der Waals surface area contributed by atoms with Crippen LogP contribution >= 0.6 is 0 Å². The second kappa shape index (κ2) is 11.5. The Hall–Kier alpha value is -3.18. The molecule has 0 atom stereocenters. The summed E-state index contributed by atoms with van der Waals surface area (Å²) in [6.07, 6.45) is 7.26. The molecule has 1 aliphatic heterocycles. The van der Waals surface area contributed by atoms with E-state index in [1.165, 1.54) is 0 Å². The summed E-state index contributed by atoms with van der Waals surface area (Å²) >= 11 is 0. The number of nitrogens with zero attached hydrogens (tertiary/aromatic N) is 5. The van der Waals surface area contributed by atoms with Crippen molar-refractivity contribution in [3.05, 3.63) is 36.8 Å². The molecule has 0 unspecified atom stereocenters. The molecule has 2 amide bonds. The van der Waals surface area contributed by atoms with Crippen LogP contribution in [0.15, 0.2) is 36.8 Å². The number of amides is 2. The third-order valence-electron chi connectivity index (χ3n) is 7.10. The number of alkyl halides is 2. The average molecular weight is 514 g/mol. The van der Waals surface area contributed by atoms with E-state index in [1.807, 2.05) is 23.1 Å². The summed E-state index contributed by atoms with van der Waals surface area (Å²) in [6, 6.07) is 5.04. The Bertz CT molecular complexity index is 1200. The first-order valence-corrected chi connectivity index (χ1v) is 13.0. The van der Waals surface area contributed by atoms with Crippen LogP contribution in [0.5, 0.6) is 0 Å². The highest BCUT2D eigenvalue weighted by Gasteiger charge is 2.34. The van der Waals surface area contributed by atoms with Crippen LogP contribution in [0.1, 0.15) is 32.1 Å². The Labute approximate surface area is 214 Å². The van der Waals surface area contributed by atoms with Crippen LogP contribution in [0.3, 0.4) is 0 Å². The van der Waals surface area contributed by atoms with Crippen molar-refractivity contribution < 1.29 is 18.3 Å². The molecule has 37 heavy (non-hydrogen) atoms. The molecular weight excluding hydrogens is 480 g/mol. The monoisotopic (exact) mass is 513 g/mol. The molecule has 5 rings (SSSR count). The number of aryl methyl sites for hydroxylation is 1. The first-order chi connectivity index (χ1) is 17.9. The predicted octanol–water partition coefficient (Wildman–Crippen LogP) is 4.16. The van der Waals surface area contributed by atoms with Crippen LogP contribution in [0.2, 0.25) is 0 Å². The van der Waals surface area contributed by atoms with Crippen LogP contribution in [0.25, 0.3) is 22.2 Å². The van der Waals surface area contributed by atoms with Gasteiger partial charge in [0.25, 0.3) is 0 Å². The molecule has 1 saturated carbocycles. The fraction of sp³-hybridized carbons (Fsp3) is 0.538. The molecule has 2 N–H and O–H groups in total. The number of urea groups is 1. The highest BCUT2D eigenvalue weighted by atomic mass is 19.3. The van der Waals surface area contributed by atoms with Crippen LogP contribution in [0, 0.1) is 5.92 Å². The molecule has 0 spiro atoms. The lowest BCUT2D eigenvalue weighted by Crippen LogP contribution is -2.37. The van der Waals surface area contributed by atoms with Crippen molar-refractivity contribution in [1.29, 1.82) is 0 Å². The fourth-order valence-electron chi connectivity index (χ4n) is 4.85. The number of hydrogen-bond acceptors (Lipinski definition) is 6. The van der Waals surface area contributed by atoms with Gasteiger partial charge >= 0.3 is 6.03 Å². The lowest BCUT2D eigenvalue weighted by Gasteiger charge is -2.28. The summed E-state index contributed by atoms with van der Waals surface area (Å²) in [5.41, 5.74) is 3.23. The van der Waals surface area contributed by atoms with Gasteiger partial charge in [-0.05, 0) is 43.4 Å². The third-order valence-corrected chi connectivity index (χ3v) is 7.10. The number of carbonyl (C=O) groups is 1. The number of aromatic nitrogens is 4. The molecular formula is C26H33F2N7O2. The smallest absolute Gasteiger partial charge is 0.320 e. The maximum atomic E-state index is 13.3. The minimum absolute atomic E-state index is 0.0713. The number of anilines is 1. The molecule has 2 fully saturated rings. The number of fused-ring (bicyclic) bond motifs is 1. The van der Waals surface area contributed by atoms with Crippen LogP contribution in [-0.2, 0) is 11.3 Å². The molecule has 1 aliphatic carbocycles. The summed E-state index contributed by atoms with van der Waals surface area (Å²) in [5, 5.41) is 10.0. The van der Waals surface area contributed by atoms with Gasteiger partial charge in [0, 0.05) is 69.1 Å². The van der Waals surface area contributed by atoms with Gasteiger partial charge in [0.05, 0.1) is 30.4 Å². The van der Waals surface area contributed by atoms with E-state index >= 15 is 0 Å². The predicted molar refractivity (Wildman–Crippen MR) is 137 cm³/mol. The Balaban J connectivity index is 1.15.